The van der Waals surface area contributed by atoms with Gasteiger partial charge in [0.15, 0.2) is 0 Å². The van der Waals surface area contributed by atoms with Crippen LogP contribution in [0.5, 0.6) is 0 Å². The molecule has 1 N–H and O–H groups in total. The van der Waals surface area contributed by atoms with E-state index >= 15 is 0 Å². The van der Waals surface area contributed by atoms with E-state index in [1.54, 1.807) is 26.2 Å². The molecule has 1 aromatic heterocycles. The lowest BCUT2D eigenvalue weighted by Gasteiger charge is -2.07. The maximum Gasteiger partial charge on any atom is 0.275 e. The highest BCUT2D eigenvalue weighted by Gasteiger charge is 2.13. The molecule has 9 nitrogen and oxygen atoms in total. The zero-order chi connectivity index (χ0) is 14.6. The summed E-state index contributed by atoms with van der Waals surface area (Å²) >= 11 is 0. The molecule has 106 valence electrons. The highest BCUT2D eigenvalue weighted by atomic mass is 32.2. The first-order valence-corrected chi connectivity index (χ1v) is 7.02. The lowest BCUT2D eigenvalue weighted by atomic mass is 10.3. The summed E-state index contributed by atoms with van der Waals surface area (Å²) in [5, 5.41) is 16.3. The summed E-state index contributed by atoms with van der Waals surface area (Å²) in [7, 11) is -0.198. The Balaban J connectivity index is 2.17. The van der Waals surface area contributed by atoms with Crippen molar-refractivity contribution in [3.8, 4) is 0 Å². The molecule has 0 amide bonds. The van der Waals surface area contributed by atoms with Crippen molar-refractivity contribution < 1.29 is 8.42 Å². The molecular weight excluding hydrogens is 282 g/mol. The monoisotopic (exact) mass is 295 g/mol. The Morgan fingerprint density at radius 1 is 1.15 bits per heavy atom. The first-order valence-electron chi connectivity index (χ1n) is 5.54. The predicted molar refractivity (Wildman–Crippen MR) is 71.2 cm³/mol. The van der Waals surface area contributed by atoms with E-state index in [4.69, 9.17) is 0 Å². The lowest BCUT2D eigenvalue weighted by molar-refractivity contribution is 0.408. The topological polar surface area (TPSA) is 105 Å². The summed E-state index contributed by atoms with van der Waals surface area (Å²) in [4.78, 5) is 2.39. The fourth-order valence-corrected chi connectivity index (χ4v) is 2.24. The maximum atomic E-state index is 12.0. The molecule has 2 rings (SSSR count). The molecule has 20 heavy (non-hydrogen) atoms. The Morgan fingerprint density at radius 2 is 1.75 bits per heavy atom. The third-order valence-corrected chi connectivity index (χ3v) is 3.47. The van der Waals surface area contributed by atoms with Crippen LogP contribution >= 0.6 is 0 Å². The number of hydrogen-bond donors (Lipinski definition) is 1. The fraction of sp³-hybridized carbons (Fsp3) is 0.200. The molecule has 0 aliphatic carbocycles. The van der Waals surface area contributed by atoms with Crippen LogP contribution in [0, 0.1) is 0 Å². The molecule has 0 spiro atoms. The third-order valence-electron chi connectivity index (χ3n) is 2.13. The fourth-order valence-electron chi connectivity index (χ4n) is 1.27. The Kier molecular flexibility index (Phi) is 3.94. The quantitative estimate of drug-likeness (QED) is 0.648. The smallest absolute Gasteiger partial charge is 0.275 e. The van der Waals surface area contributed by atoms with Crippen molar-refractivity contribution in [3.63, 3.8) is 0 Å². The highest BCUT2D eigenvalue weighted by molar-refractivity contribution is 7.92. The average molecular weight is 295 g/mol. The van der Waals surface area contributed by atoms with Crippen molar-refractivity contribution in [2.45, 2.75) is 4.90 Å². The Morgan fingerprint density at radius 3 is 2.30 bits per heavy atom. The molecule has 0 atom stereocenters. The van der Waals surface area contributed by atoms with Crippen molar-refractivity contribution in [1.82, 2.24) is 19.9 Å². The van der Waals surface area contributed by atoms with Gasteiger partial charge in [0.2, 0.25) is 0 Å². The average Bonchev–Trinajstić information content (AvgIpc) is 2.89. The zero-order valence-corrected chi connectivity index (χ0v) is 11.7. The van der Waals surface area contributed by atoms with Gasteiger partial charge in [-0.3, -0.25) is 5.01 Å². The minimum Gasteiger partial charge on any atom is -0.285 e. The van der Waals surface area contributed by atoms with Gasteiger partial charge in [-0.05, 0) is 24.3 Å². The molecule has 1 aromatic carbocycles. The number of nitrogens with zero attached hydrogens (tertiary/aromatic N) is 6. The van der Waals surface area contributed by atoms with Crippen LogP contribution in [0.2, 0.25) is 0 Å². The van der Waals surface area contributed by atoms with Crippen LogP contribution in [-0.4, -0.2) is 42.4 Å². The van der Waals surface area contributed by atoms with E-state index in [9.17, 15) is 8.42 Å². The molecule has 0 aliphatic heterocycles. The second-order valence-corrected chi connectivity index (χ2v) is 5.66. The van der Waals surface area contributed by atoms with Crippen molar-refractivity contribution >= 4 is 15.7 Å². The normalized spacial score (nSPS) is 11.7. The van der Waals surface area contributed by atoms with Crippen LogP contribution in [0.3, 0.4) is 0 Å². The van der Waals surface area contributed by atoms with Gasteiger partial charge in [-0.15, -0.1) is 15.3 Å². The molecule has 0 bridgehead atoms. The van der Waals surface area contributed by atoms with E-state index in [0.717, 1.165) is 4.68 Å². The van der Waals surface area contributed by atoms with Crippen LogP contribution in [0.25, 0.3) is 0 Å². The van der Waals surface area contributed by atoms with Gasteiger partial charge in [0.25, 0.3) is 10.0 Å². The molecule has 2 aromatic rings. The molecule has 0 radical (unpaired) electrons. The minimum absolute atomic E-state index is 0.106. The Hall–Kier alpha value is -2.49. The lowest BCUT2D eigenvalue weighted by Crippen LogP contribution is -2.21. The van der Waals surface area contributed by atoms with Gasteiger partial charge in [0, 0.05) is 14.1 Å². The largest absolute Gasteiger partial charge is 0.285 e. The summed E-state index contributed by atoms with van der Waals surface area (Å²) in [5.74, 6) is 0. The SMILES string of the molecule is CN(C)N=Nc1ccc(S(=O)(=O)Nn2cnnc2)cc1. The van der Waals surface area contributed by atoms with Gasteiger partial charge in [-0.1, -0.05) is 5.22 Å². The van der Waals surface area contributed by atoms with Crippen molar-refractivity contribution in [2.24, 2.45) is 10.3 Å². The maximum absolute atomic E-state index is 12.0. The summed E-state index contributed by atoms with van der Waals surface area (Å²) in [5.41, 5.74) is 0.557. The number of hydrogen-bond acceptors (Lipinski definition) is 6. The van der Waals surface area contributed by atoms with E-state index < -0.39 is 10.0 Å². The van der Waals surface area contributed by atoms with Crippen LogP contribution < -0.4 is 4.83 Å². The van der Waals surface area contributed by atoms with E-state index in [0.29, 0.717) is 5.69 Å². The minimum atomic E-state index is -3.68. The molecule has 0 saturated carbocycles. The second kappa shape index (κ2) is 5.65. The number of benzene rings is 1. The summed E-state index contributed by atoms with van der Waals surface area (Å²) in [6.45, 7) is 0. The highest BCUT2D eigenvalue weighted by Crippen LogP contribution is 2.17. The third kappa shape index (κ3) is 3.51. The van der Waals surface area contributed by atoms with Gasteiger partial charge < -0.3 is 0 Å². The molecule has 0 aliphatic rings. The molecule has 0 saturated heterocycles. The zero-order valence-electron chi connectivity index (χ0n) is 10.9. The van der Waals surface area contributed by atoms with Crippen molar-refractivity contribution in [2.75, 3.05) is 18.9 Å². The molecule has 1 heterocycles. The number of sulfonamides is 1. The molecule has 0 fully saturated rings. The van der Waals surface area contributed by atoms with E-state index in [2.05, 4.69) is 25.4 Å². The van der Waals surface area contributed by atoms with Gasteiger partial charge in [0.1, 0.15) is 12.7 Å². The number of nitrogens with one attached hydrogen (secondary N) is 1. The van der Waals surface area contributed by atoms with E-state index in [1.807, 2.05) is 0 Å². The van der Waals surface area contributed by atoms with Crippen LogP contribution in [-0.2, 0) is 10.0 Å². The molecule has 10 heteroatoms. The number of aromatic nitrogens is 3. The van der Waals surface area contributed by atoms with Crippen LogP contribution in [0.4, 0.5) is 5.69 Å². The van der Waals surface area contributed by atoms with Gasteiger partial charge >= 0.3 is 0 Å². The molecular formula is C10H13N7O2S. The second-order valence-electron chi connectivity index (χ2n) is 3.99. The van der Waals surface area contributed by atoms with Crippen LogP contribution in [0.15, 0.2) is 52.2 Å². The summed E-state index contributed by atoms with van der Waals surface area (Å²) in [6, 6.07) is 6.01. The van der Waals surface area contributed by atoms with Crippen molar-refractivity contribution in [3.05, 3.63) is 36.9 Å². The van der Waals surface area contributed by atoms with E-state index in [-0.39, 0.29) is 4.90 Å². The van der Waals surface area contributed by atoms with Gasteiger partial charge in [-0.2, -0.15) is 8.42 Å². The van der Waals surface area contributed by atoms with E-state index in [1.165, 1.54) is 29.8 Å². The summed E-state index contributed by atoms with van der Waals surface area (Å²) < 4.78 is 25.2. The predicted octanol–water partition coefficient (Wildman–Crippen LogP) is 0.771. The van der Waals surface area contributed by atoms with Crippen molar-refractivity contribution in [1.29, 1.82) is 0 Å². The Bertz CT molecular complexity index is 677. The van der Waals surface area contributed by atoms with Crippen LogP contribution in [0.1, 0.15) is 0 Å². The van der Waals surface area contributed by atoms with Gasteiger partial charge in [-0.25, -0.2) is 9.51 Å². The molecule has 0 unspecified atom stereocenters. The van der Waals surface area contributed by atoms with Gasteiger partial charge in [0.05, 0.1) is 10.6 Å². The Labute approximate surface area is 116 Å². The first-order chi connectivity index (χ1) is 9.47. The summed E-state index contributed by atoms with van der Waals surface area (Å²) in [6.07, 6.45) is 2.49. The standard InChI is InChI=1S/C10H13N7O2S/c1-16(2)14-13-9-3-5-10(6-4-9)20(18,19)15-17-7-11-12-8-17/h3-8,15H,1-2H3. The first kappa shape index (κ1) is 13.9. The number of rotatable bonds is 5.